The Kier molecular flexibility index (Phi) is 2.57. The third-order valence-electron chi connectivity index (χ3n) is 2.91. The Morgan fingerprint density at radius 2 is 2.36 bits per heavy atom. The van der Waals surface area contributed by atoms with Gasteiger partial charge in [-0.2, -0.15) is 0 Å². The molecule has 0 aromatic heterocycles. The van der Waals surface area contributed by atoms with Crippen LogP contribution in [-0.2, 0) is 0 Å². The molecule has 11 heavy (non-hydrogen) atoms. The summed E-state index contributed by atoms with van der Waals surface area (Å²) in [6.45, 7) is 2.06. The number of aliphatic hydroxyl groups excluding tert-OH is 1. The topological polar surface area (TPSA) is 20.2 Å². The van der Waals surface area contributed by atoms with Gasteiger partial charge in [0.1, 0.15) is 0 Å². The molecule has 0 radical (unpaired) electrons. The van der Waals surface area contributed by atoms with Crippen molar-refractivity contribution in [1.82, 2.24) is 0 Å². The van der Waals surface area contributed by atoms with E-state index in [1.165, 1.54) is 6.42 Å². The molecule has 62 valence electrons. The van der Waals surface area contributed by atoms with Crippen LogP contribution in [0.5, 0.6) is 0 Å². The van der Waals surface area contributed by atoms with Gasteiger partial charge in [-0.1, -0.05) is 25.7 Å². The van der Waals surface area contributed by atoms with E-state index >= 15 is 0 Å². The average molecular weight is 152 g/mol. The van der Waals surface area contributed by atoms with Crippen LogP contribution in [0.3, 0.4) is 0 Å². The number of hydrogen-bond donors (Lipinski definition) is 1. The zero-order chi connectivity index (χ0) is 8.32. The second-order valence-corrected chi connectivity index (χ2v) is 3.42. The summed E-state index contributed by atoms with van der Waals surface area (Å²) in [4.78, 5) is 0. The second-order valence-electron chi connectivity index (χ2n) is 3.42. The Bertz CT molecular complexity index is 168. The molecule has 0 bridgehead atoms. The Balaban J connectivity index is 2.71. The number of hydrogen-bond acceptors (Lipinski definition) is 1. The van der Waals surface area contributed by atoms with Crippen LogP contribution >= 0.6 is 0 Å². The van der Waals surface area contributed by atoms with Gasteiger partial charge in [-0.05, 0) is 19.3 Å². The molecule has 1 N–H and O–H groups in total. The zero-order valence-electron chi connectivity index (χ0n) is 7.14. The van der Waals surface area contributed by atoms with Crippen molar-refractivity contribution in [1.29, 1.82) is 0 Å². The maximum absolute atomic E-state index is 9.68. The van der Waals surface area contributed by atoms with Crippen LogP contribution in [0.2, 0.25) is 0 Å². The van der Waals surface area contributed by atoms with Gasteiger partial charge in [-0.3, -0.25) is 0 Å². The highest BCUT2D eigenvalue weighted by atomic mass is 16.3. The Hall–Kier alpha value is -0.480. The summed E-state index contributed by atoms with van der Waals surface area (Å²) >= 11 is 0. The fourth-order valence-electron chi connectivity index (χ4n) is 1.90. The predicted octanol–water partition coefficient (Wildman–Crippen LogP) is 1.95. The molecule has 0 spiro atoms. The molecule has 1 rings (SSSR count). The molecule has 1 heteroatoms. The molecule has 0 amide bonds. The van der Waals surface area contributed by atoms with Gasteiger partial charge in [-0.25, -0.2) is 0 Å². The first-order valence-corrected chi connectivity index (χ1v) is 4.41. The van der Waals surface area contributed by atoms with Crippen LogP contribution in [0.25, 0.3) is 0 Å². The van der Waals surface area contributed by atoms with Crippen molar-refractivity contribution in [3.8, 4) is 12.3 Å². The normalized spacial score (nSPS) is 38.1. The van der Waals surface area contributed by atoms with E-state index in [1.807, 2.05) is 0 Å². The lowest BCUT2D eigenvalue weighted by molar-refractivity contribution is 0.0250. The minimum atomic E-state index is -0.258. The van der Waals surface area contributed by atoms with E-state index in [0.717, 1.165) is 25.7 Å². The van der Waals surface area contributed by atoms with E-state index in [1.54, 1.807) is 0 Å². The van der Waals surface area contributed by atoms with Gasteiger partial charge in [0.2, 0.25) is 0 Å². The Morgan fingerprint density at radius 1 is 1.64 bits per heavy atom. The largest absolute Gasteiger partial charge is 0.392 e. The second kappa shape index (κ2) is 3.28. The molecule has 1 saturated carbocycles. The molecule has 1 aliphatic rings. The highest BCUT2D eigenvalue weighted by molar-refractivity contribution is 5.10. The fourth-order valence-corrected chi connectivity index (χ4v) is 1.90. The quantitative estimate of drug-likeness (QED) is 0.569. The van der Waals surface area contributed by atoms with Gasteiger partial charge in [0.05, 0.1) is 11.5 Å². The minimum Gasteiger partial charge on any atom is -0.392 e. The van der Waals surface area contributed by atoms with Crippen molar-refractivity contribution < 1.29 is 5.11 Å². The van der Waals surface area contributed by atoms with E-state index in [4.69, 9.17) is 6.42 Å². The van der Waals surface area contributed by atoms with Crippen molar-refractivity contribution in [3.05, 3.63) is 0 Å². The van der Waals surface area contributed by atoms with Gasteiger partial charge < -0.3 is 5.11 Å². The summed E-state index contributed by atoms with van der Waals surface area (Å²) in [6, 6.07) is 0. The Morgan fingerprint density at radius 3 is 2.73 bits per heavy atom. The Labute approximate surface area is 68.8 Å². The molecule has 0 saturated heterocycles. The van der Waals surface area contributed by atoms with Crippen LogP contribution in [0, 0.1) is 17.8 Å². The summed E-state index contributed by atoms with van der Waals surface area (Å²) in [5, 5.41) is 9.68. The van der Waals surface area contributed by atoms with E-state index in [-0.39, 0.29) is 11.5 Å². The number of rotatable bonds is 1. The van der Waals surface area contributed by atoms with Crippen LogP contribution < -0.4 is 0 Å². The smallest absolute Gasteiger partial charge is 0.0705 e. The molecule has 0 heterocycles. The monoisotopic (exact) mass is 152 g/mol. The van der Waals surface area contributed by atoms with Gasteiger partial charge in [0, 0.05) is 0 Å². The highest BCUT2D eigenvalue weighted by Crippen LogP contribution is 2.38. The van der Waals surface area contributed by atoms with Gasteiger partial charge >= 0.3 is 0 Å². The first-order valence-electron chi connectivity index (χ1n) is 4.41. The highest BCUT2D eigenvalue weighted by Gasteiger charge is 2.36. The number of aliphatic hydroxyl groups is 1. The number of terminal acetylenes is 1. The maximum Gasteiger partial charge on any atom is 0.0705 e. The van der Waals surface area contributed by atoms with Gasteiger partial charge in [0.15, 0.2) is 0 Å². The summed E-state index contributed by atoms with van der Waals surface area (Å²) in [5.74, 6) is 2.77. The lowest BCUT2D eigenvalue weighted by atomic mass is 9.71. The maximum atomic E-state index is 9.68. The van der Waals surface area contributed by atoms with E-state index in [0.29, 0.717) is 0 Å². The zero-order valence-corrected chi connectivity index (χ0v) is 7.14. The summed E-state index contributed by atoms with van der Waals surface area (Å²) < 4.78 is 0. The average Bonchev–Trinajstić information content (AvgIpc) is 2.06. The molecule has 0 aliphatic heterocycles. The fraction of sp³-hybridized carbons (Fsp3) is 0.800. The summed E-state index contributed by atoms with van der Waals surface area (Å²) in [6.07, 6.45) is 10.3. The van der Waals surface area contributed by atoms with E-state index in [9.17, 15) is 5.11 Å². The van der Waals surface area contributed by atoms with Gasteiger partial charge in [-0.15, -0.1) is 6.42 Å². The van der Waals surface area contributed by atoms with Crippen LogP contribution in [-0.4, -0.2) is 11.2 Å². The van der Waals surface area contributed by atoms with E-state index < -0.39 is 0 Å². The summed E-state index contributed by atoms with van der Waals surface area (Å²) in [7, 11) is 0. The summed E-state index contributed by atoms with van der Waals surface area (Å²) in [5.41, 5.74) is -0.196. The van der Waals surface area contributed by atoms with E-state index in [2.05, 4.69) is 12.8 Å². The van der Waals surface area contributed by atoms with Crippen molar-refractivity contribution in [3.63, 3.8) is 0 Å². The molecule has 0 aromatic rings. The first-order chi connectivity index (χ1) is 5.25. The lowest BCUT2D eigenvalue weighted by Gasteiger charge is -2.36. The van der Waals surface area contributed by atoms with Crippen LogP contribution in [0.15, 0.2) is 0 Å². The molecular weight excluding hydrogens is 136 g/mol. The van der Waals surface area contributed by atoms with Gasteiger partial charge in [0.25, 0.3) is 0 Å². The predicted molar refractivity (Wildman–Crippen MR) is 46.0 cm³/mol. The third kappa shape index (κ3) is 1.41. The van der Waals surface area contributed by atoms with Crippen LogP contribution in [0.1, 0.15) is 39.0 Å². The third-order valence-corrected chi connectivity index (χ3v) is 2.91. The minimum absolute atomic E-state index is 0.196. The molecule has 1 aliphatic carbocycles. The van der Waals surface area contributed by atoms with Crippen molar-refractivity contribution in [2.24, 2.45) is 5.41 Å². The molecule has 2 atom stereocenters. The molecule has 2 unspecified atom stereocenters. The van der Waals surface area contributed by atoms with Crippen molar-refractivity contribution in [2.75, 3.05) is 0 Å². The SMILES string of the molecule is C#CC1(CC)CCCCC1O. The van der Waals surface area contributed by atoms with Crippen molar-refractivity contribution >= 4 is 0 Å². The molecular formula is C10H16O. The standard InChI is InChI=1S/C10H16O/c1-3-10(4-2)8-6-5-7-9(10)11/h1,9,11H,4-8H2,2H3. The molecule has 1 fully saturated rings. The molecule has 1 nitrogen and oxygen atoms in total. The van der Waals surface area contributed by atoms with Crippen LogP contribution in [0.4, 0.5) is 0 Å². The molecule has 0 aromatic carbocycles. The first kappa shape index (κ1) is 8.62. The van der Waals surface area contributed by atoms with Crippen molar-refractivity contribution in [2.45, 2.75) is 45.1 Å². The lowest BCUT2D eigenvalue weighted by Crippen LogP contribution is -2.36.